The molecular weight excluding hydrogens is 136 g/mol. The largest absolute Gasteiger partial charge is 0.486 e. The van der Waals surface area contributed by atoms with Crippen LogP contribution >= 0.6 is 0 Å². The molecule has 11 heavy (non-hydrogen) atoms. The molecule has 0 aromatic heterocycles. The quantitative estimate of drug-likeness (QED) is 0.628. The summed E-state index contributed by atoms with van der Waals surface area (Å²) in [6.07, 6.45) is 0. The van der Waals surface area contributed by atoms with Gasteiger partial charge in [-0.2, -0.15) is 0 Å². The van der Waals surface area contributed by atoms with Gasteiger partial charge in [0.2, 0.25) is 0 Å². The monoisotopic (exact) mass is 149 g/mol. The van der Waals surface area contributed by atoms with E-state index in [1.807, 2.05) is 39.0 Å². The number of para-hydroxylation sites is 1. The normalized spacial score (nSPS) is 9.73. The maximum Gasteiger partial charge on any atom is 0.132 e. The molecule has 1 aromatic rings. The van der Waals surface area contributed by atoms with Gasteiger partial charge in [-0.3, -0.25) is 0 Å². The predicted octanol–water partition coefficient (Wildman–Crippen LogP) is 2.86. The van der Waals surface area contributed by atoms with E-state index in [1.54, 1.807) is 6.61 Å². The summed E-state index contributed by atoms with van der Waals surface area (Å²) < 4.78 is 5.34. The number of rotatable bonds is 2. The molecule has 0 unspecified atom stereocenters. The SMILES string of the molecule is C[CH]Oc1c(C)cccc1C. The second kappa shape index (κ2) is 3.42. The number of hydrogen-bond acceptors (Lipinski definition) is 1. The highest BCUT2D eigenvalue weighted by Crippen LogP contribution is 2.22. The van der Waals surface area contributed by atoms with Gasteiger partial charge >= 0.3 is 0 Å². The van der Waals surface area contributed by atoms with Gasteiger partial charge in [-0.1, -0.05) is 18.2 Å². The van der Waals surface area contributed by atoms with Crippen LogP contribution < -0.4 is 4.74 Å². The molecule has 0 spiro atoms. The molecule has 0 heterocycles. The van der Waals surface area contributed by atoms with E-state index in [1.165, 1.54) is 11.1 Å². The van der Waals surface area contributed by atoms with Crippen molar-refractivity contribution in [3.63, 3.8) is 0 Å². The minimum Gasteiger partial charge on any atom is -0.486 e. The molecule has 1 heteroatoms. The van der Waals surface area contributed by atoms with Crippen molar-refractivity contribution in [2.75, 3.05) is 0 Å². The van der Waals surface area contributed by atoms with Crippen LogP contribution in [0.5, 0.6) is 5.75 Å². The first-order valence-corrected chi connectivity index (χ1v) is 3.76. The maximum atomic E-state index is 5.34. The Kier molecular flexibility index (Phi) is 2.53. The third-order valence-electron chi connectivity index (χ3n) is 1.64. The van der Waals surface area contributed by atoms with Crippen LogP contribution in [0.15, 0.2) is 18.2 Å². The number of benzene rings is 1. The topological polar surface area (TPSA) is 9.23 Å². The molecule has 0 fully saturated rings. The molecule has 0 saturated carbocycles. The second-order valence-electron chi connectivity index (χ2n) is 2.57. The molecule has 59 valence electrons. The summed E-state index contributed by atoms with van der Waals surface area (Å²) in [7, 11) is 0. The lowest BCUT2D eigenvalue weighted by atomic mass is 10.1. The Morgan fingerprint density at radius 2 is 1.73 bits per heavy atom. The van der Waals surface area contributed by atoms with Gasteiger partial charge in [-0.05, 0) is 31.9 Å². The lowest BCUT2D eigenvalue weighted by Gasteiger charge is -2.08. The first kappa shape index (κ1) is 8.12. The van der Waals surface area contributed by atoms with Gasteiger partial charge in [-0.25, -0.2) is 0 Å². The molecule has 0 bridgehead atoms. The van der Waals surface area contributed by atoms with Crippen LogP contribution in [0.2, 0.25) is 0 Å². The number of aryl methyl sites for hydroxylation is 2. The highest BCUT2D eigenvalue weighted by Gasteiger charge is 2.00. The third kappa shape index (κ3) is 1.73. The summed E-state index contributed by atoms with van der Waals surface area (Å²) in [6, 6.07) is 6.13. The van der Waals surface area contributed by atoms with Gasteiger partial charge in [0.1, 0.15) is 12.4 Å². The first-order valence-electron chi connectivity index (χ1n) is 3.76. The van der Waals surface area contributed by atoms with Crippen LogP contribution in [-0.2, 0) is 0 Å². The van der Waals surface area contributed by atoms with E-state index in [4.69, 9.17) is 4.74 Å². The molecule has 0 amide bonds. The lowest BCUT2D eigenvalue weighted by Crippen LogP contribution is -1.91. The molecule has 0 saturated heterocycles. The summed E-state index contributed by atoms with van der Waals surface area (Å²) in [5.74, 6) is 0.981. The molecular formula is C10H13O. The van der Waals surface area contributed by atoms with E-state index in [2.05, 4.69) is 0 Å². The van der Waals surface area contributed by atoms with E-state index in [9.17, 15) is 0 Å². The van der Waals surface area contributed by atoms with Gasteiger partial charge in [0.25, 0.3) is 0 Å². The van der Waals surface area contributed by atoms with Crippen molar-refractivity contribution in [1.82, 2.24) is 0 Å². The van der Waals surface area contributed by atoms with E-state index in [-0.39, 0.29) is 0 Å². The summed E-state index contributed by atoms with van der Waals surface area (Å²) in [4.78, 5) is 0. The summed E-state index contributed by atoms with van der Waals surface area (Å²) in [5.41, 5.74) is 2.37. The number of ether oxygens (including phenoxy) is 1. The fraction of sp³-hybridized carbons (Fsp3) is 0.300. The van der Waals surface area contributed by atoms with Gasteiger partial charge in [0.15, 0.2) is 0 Å². The van der Waals surface area contributed by atoms with Gasteiger partial charge in [-0.15, -0.1) is 0 Å². The van der Waals surface area contributed by atoms with Crippen molar-refractivity contribution in [3.8, 4) is 5.75 Å². The molecule has 0 atom stereocenters. The average Bonchev–Trinajstić information content (AvgIpc) is 1.97. The van der Waals surface area contributed by atoms with Crippen LogP contribution in [0.4, 0.5) is 0 Å². The Hall–Kier alpha value is -0.980. The minimum absolute atomic E-state index is 0.981. The summed E-state index contributed by atoms with van der Waals surface area (Å²) >= 11 is 0. The first-order chi connectivity index (χ1) is 5.25. The molecule has 0 aliphatic heterocycles. The lowest BCUT2D eigenvalue weighted by molar-refractivity contribution is 0.410. The zero-order valence-corrected chi connectivity index (χ0v) is 7.22. The third-order valence-corrected chi connectivity index (χ3v) is 1.64. The van der Waals surface area contributed by atoms with Gasteiger partial charge in [0.05, 0.1) is 0 Å². The maximum absolute atomic E-state index is 5.34. The highest BCUT2D eigenvalue weighted by molar-refractivity contribution is 5.39. The molecule has 0 aliphatic carbocycles. The van der Waals surface area contributed by atoms with Crippen LogP contribution in [0.25, 0.3) is 0 Å². The predicted molar refractivity (Wildman–Crippen MR) is 46.5 cm³/mol. The standard InChI is InChI=1S/C10H13O/c1-4-11-10-8(2)6-5-7-9(10)3/h4-7H,1-3H3. The van der Waals surface area contributed by atoms with E-state index >= 15 is 0 Å². The molecule has 1 aromatic carbocycles. The molecule has 1 radical (unpaired) electrons. The number of hydrogen-bond donors (Lipinski definition) is 0. The average molecular weight is 149 g/mol. The fourth-order valence-corrected chi connectivity index (χ4v) is 1.10. The van der Waals surface area contributed by atoms with Crippen molar-refractivity contribution >= 4 is 0 Å². The van der Waals surface area contributed by atoms with Crippen LogP contribution in [0, 0.1) is 20.5 Å². The van der Waals surface area contributed by atoms with Crippen molar-refractivity contribution in [3.05, 3.63) is 35.9 Å². The zero-order valence-electron chi connectivity index (χ0n) is 7.22. The fourth-order valence-electron chi connectivity index (χ4n) is 1.10. The van der Waals surface area contributed by atoms with Crippen LogP contribution in [-0.4, -0.2) is 0 Å². The Bertz CT molecular complexity index is 220. The zero-order chi connectivity index (χ0) is 8.27. The molecule has 1 nitrogen and oxygen atoms in total. The Labute approximate surface area is 68.0 Å². The Morgan fingerprint density at radius 1 is 1.18 bits per heavy atom. The molecule has 0 N–H and O–H groups in total. The van der Waals surface area contributed by atoms with Crippen molar-refractivity contribution < 1.29 is 4.74 Å². The molecule has 1 rings (SSSR count). The highest BCUT2D eigenvalue weighted by atomic mass is 16.5. The van der Waals surface area contributed by atoms with Crippen molar-refractivity contribution in [2.45, 2.75) is 20.8 Å². The molecule has 0 aliphatic rings. The van der Waals surface area contributed by atoms with E-state index in [0.29, 0.717) is 0 Å². The summed E-state index contributed by atoms with van der Waals surface area (Å²) in [6.45, 7) is 7.68. The Morgan fingerprint density at radius 3 is 2.18 bits per heavy atom. The smallest absolute Gasteiger partial charge is 0.132 e. The minimum atomic E-state index is 0.981. The van der Waals surface area contributed by atoms with Crippen molar-refractivity contribution in [1.29, 1.82) is 0 Å². The van der Waals surface area contributed by atoms with Gasteiger partial charge < -0.3 is 4.74 Å². The van der Waals surface area contributed by atoms with Crippen LogP contribution in [0.1, 0.15) is 18.1 Å². The van der Waals surface area contributed by atoms with Crippen molar-refractivity contribution in [2.24, 2.45) is 0 Å². The van der Waals surface area contributed by atoms with Crippen LogP contribution in [0.3, 0.4) is 0 Å². The Balaban J connectivity index is 3.00. The van der Waals surface area contributed by atoms with E-state index < -0.39 is 0 Å². The second-order valence-corrected chi connectivity index (χ2v) is 2.57. The summed E-state index contributed by atoms with van der Waals surface area (Å²) in [5, 5.41) is 0. The van der Waals surface area contributed by atoms with Gasteiger partial charge in [0, 0.05) is 0 Å². The van der Waals surface area contributed by atoms with E-state index in [0.717, 1.165) is 5.75 Å².